The average molecular weight is 252 g/mol. The van der Waals surface area contributed by atoms with Crippen LogP contribution in [0.1, 0.15) is 65.2 Å². The van der Waals surface area contributed by atoms with Gasteiger partial charge in [0.2, 0.25) is 0 Å². The molecule has 2 heteroatoms. The van der Waals surface area contributed by atoms with Crippen molar-refractivity contribution < 1.29 is 0 Å². The molecule has 2 fully saturated rings. The minimum absolute atomic E-state index is 0.369. The predicted molar refractivity (Wildman–Crippen MR) is 78.9 cm³/mol. The summed E-state index contributed by atoms with van der Waals surface area (Å²) in [6.45, 7) is 7.49. The van der Waals surface area contributed by atoms with Crippen LogP contribution in [0, 0.1) is 5.92 Å². The number of nitrogens with one attached hydrogen (secondary N) is 1. The van der Waals surface area contributed by atoms with Gasteiger partial charge in [0, 0.05) is 11.6 Å². The standard InChI is InChI=1S/C16H32N2/c1-4-16(2,18-11-7-8-12-18)15(17-3)13-14-9-5-6-10-14/h14-15,17H,4-13H2,1-3H3. The quantitative estimate of drug-likeness (QED) is 0.779. The van der Waals surface area contributed by atoms with Gasteiger partial charge in [-0.05, 0) is 58.7 Å². The number of likely N-dealkylation sites (tertiary alicyclic amines) is 1. The van der Waals surface area contributed by atoms with E-state index >= 15 is 0 Å². The summed E-state index contributed by atoms with van der Waals surface area (Å²) in [5.74, 6) is 0.982. The second-order valence-corrected chi connectivity index (χ2v) is 6.63. The number of likely N-dealkylation sites (N-methyl/N-ethyl adjacent to an activating group) is 1. The van der Waals surface area contributed by atoms with Crippen LogP contribution in [0.15, 0.2) is 0 Å². The van der Waals surface area contributed by atoms with Gasteiger partial charge in [-0.3, -0.25) is 4.90 Å². The molecule has 0 spiro atoms. The van der Waals surface area contributed by atoms with E-state index in [9.17, 15) is 0 Å². The molecule has 1 aliphatic heterocycles. The second kappa shape index (κ2) is 6.38. The van der Waals surface area contributed by atoms with Gasteiger partial charge in [-0.1, -0.05) is 32.6 Å². The summed E-state index contributed by atoms with van der Waals surface area (Å²) < 4.78 is 0. The van der Waals surface area contributed by atoms with Crippen LogP contribution in [0.5, 0.6) is 0 Å². The summed E-state index contributed by atoms with van der Waals surface area (Å²) in [6, 6.07) is 0.670. The number of hydrogen-bond acceptors (Lipinski definition) is 2. The molecule has 2 nitrogen and oxygen atoms in total. The summed E-state index contributed by atoms with van der Waals surface area (Å²) in [5.41, 5.74) is 0.369. The topological polar surface area (TPSA) is 15.3 Å². The maximum Gasteiger partial charge on any atom is 0.0331 e. The van der Waals surface area contributed by atoms with Gasteiger partial charge < -0.3 is 5.32 Å². The number of nitrogens with zero attached hydrogens (tertiary/aromatic N) is 1. The highest BCUT2D eigenvalue weighted by molar-refractivity contribution is 4.98. The van der Waals surface area contributed by atoms with E-state index < -0.39 is 0 Å². The Morgan fingerprint density at radius 3 is 2.28 bits per heavy atom. The summed E-state index contributed by atoms with van der Waals surface area (Å²) in [4.78, 5) is 2.75. The molecule has 0 bridgehead atoms. The molecule has 1 saturated carbocycles. The lowest BCUT2D eigenvalue weighted by atomic mass is 9.81. The molecule has 1 heterocycles. The Balaban J connectivity index is 2.01. The first-order valence-electron chi connectivity index (χ1n) is 8.13. The molecule has 0 aromatic carbocycles. The van der Waals surface area contributed by atoms with Crippen molar-refractivity contribution in [2.75, 3.05) is 20.1 Å². The summed E-state index contributed by atoms with van der Waals surface area (Å²) >= 11 is 0. The lowest BCUT2D eigenvalue weighted by Crippen LogP contribution is -2.58. The van der Waals surface area contributed by atoms with E-state index in [1.165, 1.54) is 64.5 Å². The molecule has 2 aliphatic rings. The van der Waals surface area contributed by atoms with Crippen molar-refractivity contribution in [3.05, 3.63) is 0 Å². The first kappa shape index (κ1) is 14.3. The zero-order valence-corrected chi connectivity index (χ0v) is 12.7. The van der Waals surface area contributed by atoms with Crippen LogP contribution in [0.4, 0.5) is 0 Å². The highest BCUT2D eigenvalue weighted by Crippen LogP contribution is 2.35. The Bertz CT molecular complexity index is 241. The van der Waals surface area contributed by atoms with Gasteiger partial charge >= 0.3 is 0 Å². The molecule has 106 valence electrons. The Morgan fingerprint density at radius 2 is 1.78 bits per heavy atom. The van der Waals surface area contributed by atoms with Crippen LogP contribution in [0.3, 0.4) is 0 Å². The minimum atomic E-state index is 0.369. The number of rotatable bonds is 6. The summed E-state index contributed by atoms with van der Waals surface area (Å²) in [6.07, 6.45) is 11.3. The summed E-state index contributed by atoms with van der Waals surface area (Å²) in [7, 11) is 2.17. The van der Waals surface area contributed by atoms with E-state index in [1.807, 2.05) is 0 Å². The molecule has 1 N–H and O–H groups in total. The van der Waals surface area contributed by atoms with Crippen LogP contribution in [0.25, 0.3) is 0 Å². The van der Waals surface area contributed by atoms with Gasteiger partial charge in [0.15, 0.2) is 0 Å². The van der Waals surface area contributed by atoms with E-state index in [0.29, 0.717) is 11.6 Å². The predicted octanol–water partition coefficient (Wildman–Crippen LogP) is 3.42. The normalized spacial score (nSPS) is 27.5. The van der Waals surface area contributed by atoms with Crippen molar-refractivity contribution >= 4 is 0 Å². The molecule has 1 aliphatic carbocycles. The molecular weight excluding hydrogens is 220 g/mol. The molecule has 0 aromatic heterocycles. The highest BCUT2D eigenvalue weighted by atomic mass is 15.2. The Labute approximate surface area is 114 Å². The van der Waals surface area contributed by atoms with Crippen LogP contribution < -0.4 is 5.32 Å². The third kappa shape index (κ3) is 2.91. The lowest BCUT2D eigenvalue weighted by Gasteiger charge is -2.45. The molecule has 0 radical (unpaired) electrons. The molecule has 1 saturated heterocycles. The minimum Gasteiger partial charge on any atom is -0.315 e. The lowest BCUT2D eigenvalue weighted by molar-refractivity contribution is 0.0763. The Kier molecular flexibility index (Phi) is 5.08. The van der Waals surface area contributed by atoms with E-state index in [4.69, 9.17) is 0 Å². The number of hydrogen-bond donors (Lipinski definition) is 1. The smallest absolute Gasteiger partial charge is 0.0331 e. The highest BCUT2D eigenvalue weighted by Gasteiger charge is 2.39. The second-order valence-electron chi connectivity index (χ2n) is 6.63. The van der Waals surface area contributed by atoms with Crippen molar-refractivity contribution in [2.45, 2.75) is 76.8 Å². The van der Waals surface area contributed by atoms with Crippen LogP contribution >= 0.6 is 0 Å². The first-order chi connectivity index (χ1) is 8.70. The fraction of sp³-hybridized carbons (Fsp3) is 1.00. The van der Waals surface area contributed by atoms with Crippen LogP contribution in [-0.4, -0.2) is 36.6 Å². The average Bonchev–Trinajstić information content (AvgIpc) is 3.07. The van der Waals surface area contributed by atoms with E-state index in [-0.39, 0.29) is 0 Å². The molecule has 0 aromatic rings. The maximum absolute atomic E-state index is 3.66. The van der Waals surface area contributed by atoms with E-state index in [1.54, 1.807) is 0 Å². The van der Waals surface area contributed by atoms with Gasteiger partial charge in [-0.15, -0.1) is 0 Å². The van der Waals surface area contributed by atoms with Gasteiger partial charge in [-0.2, -0.15) is 0 Å². The monoisotopic (exact) mass is 252 g/mol. The van der Waals surface area contributed by atoms with Crippen LogP contribution in [0.2, 0.25) is 0 Å². The zero-order chi connectivity index (χ0) is 13.0. The third-order valence-electron chi connectivity index (χ3n) is 5.69. The van der Waals surface area contributed by atoms with Gasteiger partial charge in [0.25, 0.3) is 0 Å². The van der Waals surface area contributed by atoms with Gasteiger partial charge in [-0.25, -0.2) is 0 Å². The Hall–Kier alpha value is -0.0800. The molecule has 2 rings (SSSR count). The largest absolute Gasteiger partial charge is 0.315 e. The van der Waals surface area contributed by atoms with Crippen molar-refractivity contribution in [1.82, 2.24) is 10.2 Å². The van der Waals surface area contributed by atoms with Gasteiger partial charge in [0.1, 0.15) is 0 Å². The van der Waals surface area contributed by atoms with Crippen molar-refractivity contribution in [3.63, 3.8) is 0 Å². The van der Waals surface area contributed by atoms with E-state index in [0.717, 1.165) is 5.92 Å². The third-order valence-corrected chi connectivity index (χ3v) is 5.69. The fourth-order valence-corrected chi connectivity index (χ4v) is 4.18. The van der Waals surface area contributed by atoms with E-state index in [2.05, 4.69) is 31.1 Å². The molecule has 0 amide bonds. The van der Waals surface area contributed by atoms with Gasteiger partial charge in [0.05, 0.1) is 0 Å². The first-order valence-corrected chi connectivity index (χ1v) is 8.13. The molecule has 18 heavy (non-hydrogen) atoms. The van der Waals surface area contributed by atoms with Crippen molar-refractivity contribution in [2.24, 2.45) is 5.92 Å². The zero-order valence-electron chi connectivity index (χ0n) is 12.7. The summed E-state index contributed by atoms with van der Waals surface area (Å²) in [5, 5.41) is 3.66. The van der Waals surface area contributed by atoms with Crippen molar-refractivity contribution in [1.29, 1.82) is 0 Å². The van der Waals surface area contributed by atoms with Crippen molar-refractivity contribution in [3.8, 4) is 0 Å². The SMILES string of the molecule is CCC(C)(C(CC1CCCC1)NC)N1CCCC1. The van der Waals surface area contributed by atoms with Crippen LogP contribution in [-0.2, 0) is 0 Å². The fourth-order valence-electron chi connectivity index (χ4n) is 4.18. The molecular formula is C16H32N2. The Morgan fingerprint density at radius 1 is 1.17 bits per heavy atom. The molecule has 2 unspecified atom stereocenters. The maximum atomic E-state index is 3.66. The molecule has 2 atom stereocenters.